The van der Waals surface area contributed by atoms with Crippen LogP contribution in [0.1, 0.15) is 83.4 Å². The number of unbranched alkanes of at least 4 members (excludes halogenated alkanes) is 1. The predicted octanol–water partition coefficient (Wildman–Crippen LogP) is 8.20. The average molecular weight is 483 g/mol. The van der Waals surface area contributed by atoms with Gasteiger partial charge in [-0.05, 0) is 67.9 Å². The minimum atomic E-state index is 0.0520. The van der Waals surface area contributed by atoms with Gasteiger partial charge in [-0.2, -0.15) is 0 Å². The van der Waals surface area contributed by atoms with E-state index < -0.39 is 0 Å². The molecule has 0 N–H and O–H groups in total. The van der Waals surface area contributed by atoms with Crippen molar-refractivity contribution in [1.29, 1.82) is 0 Å². The van der Waals surface area contributed by atoms with Crippen LogP contribution in [0.25, 0.3) is 11.4 Å². The number of benzene rings is 2. The molecule has 36 heavy (non-hydrogen) atoms. The number of hydrogen-bond acceptors (Lipinski definition) is 4. The minimum Gasteiger partial charge on any atom is -0.336 e. The number of rotatable bonds is 7. The molecular weight excluding hydrogens is 440 g/mol. The van der Waals surface area contributed by atoms with E-state index in [1.807, 2.05) is 0 Å². The van der Waals surface area contributed by atoms with E-state index in [0.717, 1.165) is 48.6 Å². The Morgan fingerprint density at radius 1 is 0.944 bits per heavy atom. The molecule has 2 unspecified atom stereocenters. The molecule has 0 saturated heterocycles. The van der Waals surface area contributed by atoms with Crippen molar-refractivity contribution in [1.82, 2.24) is 9.97 Å². The molecule has 0 saturated carbocycles. The first-order chi connectivity index (χ1) is 17.4. The van der Waals surface area contributed by atoms with Gasteiger partial charge in [0.25, 0.3) is 0 Å². The molecule has 0 bridgehead atoms. The number of fused-ring (bicyclic) bond motifs is 5. The van der Waals surface area contributed by atoms with Crippen LogP contribution in [-0.4, -0.2) is 23.2 Å². The summed E-state index contributed by atoms with van der Waals surface area (Å²) in [5.41, 5.74) is 7.83. The fourth-order valence-electron chi connectivity index (χ4n) is 7.37. The van der Waals surface area contributed by atoms with Crippen LogP contribution in [-0.2, 0) is 11.8 Å². The van der Waals surface area contributed by atoms with Gasteiger partial charge in [-0.3, -0.25) is 0 Å². The molecule has 2 atom stereocenters. The molecule has 190 valence electrons. The van der Waals surface area contributed by atoms with Crippen LogP contribution in [0.4, 0.5) is 17.2 Å². The minimum absolute atomic E-state index is 0.0520. The Bertz CT molecular complexity index is 1260. The number of aromatic nitrogens is 2. The maximum absolute atomic E-state index is 5.26. The molecule has 4 heteroatoms. The van der Waals surface area contributed by atoms with Crippen molar-refractivity contribution < 1.29 is 0 Å². The van der Waals surface area contributed by atoms with Gasteiger partial charge in [0.15, 0.2) is 11.6 Å². The summed E-state index contributed by atoms with van der Waals surface area (Å²) in [5.74, 6) is 1.88. The third kappa shape index (κ3) is 3.33. The molecule has 2 aliphatic heterocycles. The van der Waals surface area contributed by atoms with Crippen molar-refractivity contribution in [3.05, 3.63) is 65.4 Å². The molecule has 0 amide bonds. The van der Waals surface area contributed by atoms with E-state index in [0.29, 0.717) is 0 Å². The van der Waals surface area contributed by atoms with Gasteiger partial charge in [0.2, 0.25) is 0 Å². The Kier molecular flexibility index (Phi) is 6.34. The molecule has 0 spiro atoms. The monoisotopic (exact) mass is 482 g/mol. The summed E-state index contributed by atoms with van der Waals surface area (Å²) >= 11 is 0. The Morgan fingerprint density at radius 3 is 2.39 bits per heavy atom. The first-order valence-electron chi connectivity index (χ1n) is 13.9. The summed E-state index contributed by atoms with van der Waals surface area (Å²) in [6.45, 7) is 14.0. The summed E-state index contributed by atoms with van der Waals surface area (Å²) in [6, 6.07) is 15.8. The fourth-order valence-corrected chi connectivity index (χ4v) is 7.37. The number of nitrogens with zero attached hydrogens (tertiary/aromatic N) is 4. The van der Waals surface area contributed by atoms with Crippen molar-refractivity contribution in [3.8, 4) is 11.4 Å². The normalized spacial score (nSPS) is 21.8. The van der Waals surface area contributed by atoms with Crippen LogP contribution in [0.5, 0.6) is 0 Å². The number of hydrogen-bond donors (Lipinski definition) is 0. The van der Waals surface area contributed by atoms with E-state index in [1.54, 1.807) is 0 Å². The molecule has 5 rings (SSSR count). The second-order valence-electron chi connectivity index (χ2n) is 11.1. The third-order valence-corrected chi connectivity index (χ3v) is 9.60. The SMILES string of the molecule is CCCCc1ccc(C)c(-c2ncc3c(n2)N(C)C2N3c3ccccc3C(CC)(CC)C2(C)CC)c1. The fraction of sp³-hybridized carbons (Fsp3) is 0.500. The lowest BCUT2D eigenvalue weighted by molar-refractivity contribution is 0.0753. The lowest BCUT2D eigenvalue weighted by atomic mass is 9.53. The van der Waals surface area contributed by atoms with Crippen LogP contribution < -0.4 is 9.80 Å². The van der Waals surface area contributed by atoms with Gasteiger partial charge in [-0.15, -0.1) is 0 Å². The highest BCUT2D eigenvalue weighted by Crippen LogP contribution is 2.63. The zero-order valence-corrected chi connectivity index (χ0v) is 23.2. The Balaban J connectivity index is 1.67. The Morgan fingerprint density at radius 2 is 1.69 bits per heavy atom. The quantitative estimate of drug-likeness (QED) is 0.340. The lowest BCUT2D eigenvalue weighted by Gasteiger charge is -2.59. The molecule has 3 heterocycles. The van der Waals surface area contributed by atoms with E-state index in [9.17, 15) is 0 Å². The molecular formula is C32H42N4. The molecule has 2 aromatic carbocycles. The van der Waals surface area contributed by atoms with Crippen molar-refractivity contribution in [2.24, 2.45) is 5.41 Å². The highest BCUT2D eigenvalue weighted by Gasteiger charge is 2.60. The molecule has 0 fully saturated rings. The van der Waals surface area contributed by atoms with Crippen LogP contribution in [0.3, 0.4) is 0 Å². The van der Waals surface area contributed by atoms with Gasteiger partial charge in [0.1, 0.15) is 11.9 Å². The number of para-hydroxylation sites is 1. The summed E-state index contributed by atoms with van der Waals surface area (Å²) in [7, 11) is 2.24. The standard InChI is InChI=1S/C32H42N4/c1-8-12-15-23-19-18-22(5)24(20-23)28-33-21-27-29(34-28)35(7)30-31(6,9-2)32(10-3,11-4)25-16-13-14-17-26(25)36(27)30/h13-14,16-21,30H,8-12,15H2,1-7H3. The topological polar surface area (TPSA) is 32.3 Å². The Labute approximate surface area is 217 Å². The summed E-state index contributed by atoms with van der Waals surface area (Å²) < 4.78 is 0. The summed E-state index contributed by atoms with van der Waals surface area (Å²) in [6.07, 6.45) is 9.14. The van der Waals surface area contributed by atoms with E-state index in [-0.39, 0.29) is 17.0 Å². The summed E-state index contributed by atoms with van der Waals surface area (Å²) in [5, 5.41) is 0. The first-order valence-corrected chi connectivity index (χ1v) is 13.9. The second-order valence-corrected chi connectivity index (χ2v) is 11.1. The maximum atomic E-state index is 5.26. The van der Waals surface area contributed by atoms with Crippen LogP contribution in [0.2, 0.25) is 0 Å². The van der Waals surface area contributed by atoms with E-state index in [2.05, 4.69) is 107 Å². The smallest absolute Gasteiger partial charge is 0.161 e. The molecule has 0 aliphatic carbocycles. The van der Waals surface area contributed by atoms with Gasteiger partial charge in [0, 0.05) is 29.1 Å². The third-order valence-electron chi connectivity index (χ3n) is 9.60. The van der Waals surface area contributed by atoms with Gasteiger partial charge in [0.05, 0.1) is 6.20 Å². The molecule has 0 radical (unpaired) electrons. The maximum Gasteiger partial charge on any atom is 0.161 e. The van der Waals surface area contributed by atoms with Gasteiger partial charge in [-0.25, -0.2) is 9.97 Å². The van der Waals surface area contributed by atoms with Crippen LogP contribution in [0, 0.1) is 12.3 Å². The first kappa shape index (κ1) is 24.8. The zero-order chi connectivity index (χ0) is 25.7. The van der Waals surface area contributed by atoms with Crippen molar-refractivity contribution in [2.75, 3.05) is 16.8 Å². The Hall–Kier alpha value is -2.88. The lowest BCUT2D eigenvalue weighted by Crippen LogP contribution is -2.63. The van der Waals surface area contributed by atoms with Crippen molar-refractivity contribution >= 4 is 17.2 Å². The second kappa shape index (κ2) is 9.21. The van der Waals surface area contributed by atoms with Gasteiger partial charge < -0.3 is 9.80 Å². The largest absolute Gasteiger partial charge is 0.336 e. The summed E-state index contributed by atoms with van der Waals surface area (Å²) in [4.78, 5) is 15.2. The van der Waals surface area contributed by atoms with E-state index in [1.165, 1.54) is 35.2 Å². The van der Waals surface area contributed by atoms with E-state index >= 15 is 0 Å². The zero-order valence-electron chi connectivity index (χ0n) is 23.2. The van der Waals surface area contributed by atoms with Crippen molar-refractivity contribution in [3.63, 3.8) is 0 Å². The van der Waals surface area contributed by atoms with Gasteiger partial charge >= 0.3 is 0 Å². The molecule has 4 nitrogen and oxygen atoms in total. The number of anilines is 3. The average Bonchev–Trinajstić information content (AvgIpc) is 3.21. The van der Waals surface area contributed by atoms with Gasteiger partial charge in [-0.1, -0.05) is 71.4 Å². The molecule has 3 aromatic rings. The molecule has 1 aromatic heterocycles. The number of aryl methyl sites for hydroxylation is 2. The highest BCUT2D eigenvalue weighted by molar-refractivity contribution is 5.85. The van der Waals surface area contributed by atoms with Crippen molar-refractivity contribution in [2.45, 2.75) is 91.6 Å². The van der Waals surface area contributed by atoms with Crippen LogP contribution in [0.15, 0.2) is 48.7 Å². The highest BCUT2D eigenvalue weighted by atomic mass is 15.5. The van der Waals surface area contributed by atoms with E-state index in [4.69, 9.17) is 9.97 Å². The van der Waals surface area contributed by atoms with Crippen LogP contribution >= 0.6 is 0 Å². The molecule has 2 aliphatic rings. The predicted molar refractivity (Wildman–Crippen MR) is 152 cm³/mol.